The first kappa shape index (κ1) is 15.1. The standard InChI is InChI=1S/C13H10BrCl2N3O/c1-6-2-8(14)10(5-9(6)15)18-13(20)7-3-11(16)19-12(17)4-7/h2-5H,1H3,(H2,17,19)(H,18,20). The number of anilines is 2. The lowest BCUT2D eigenvalue weighted by molar-refractivity contribution is 0.102. The summed E-state index contributed by atoms with van der Waals surface area (Å²) in [5.74, 6) is -0.162. The van der Waals surface area contributed by atoms with Gasteiger partial charge in [-0.1, -0.05) is 23.2 Å². The number of carbonyl (C=O) groups is 1. The Morgan fingerprint density at radius 1 is 1.30 bits per heavy atom. The number of pyridine rings is 1. The van der Waals surface area contributed by atoms with Gasteiger partial charge < -0.3 is 11.1 Å². The molecular formula is C13H10BrCl2N3O. The molecule has 20 heavy (non-hydrogen) atoms. The Morgan fingerprint density at radius 3 is 2.65 bits per heavy atom. The third kappa shape index (κ3) is 3.42. The van der Waals surface area contributed by atoms with Crippen LogP contribution >= 0.6 is 39.1 Å². The van der Waals surface area contributed by atoms with Crippen molar-refractivity contribution in [2.24, 2.45) is 0 Å². The highest BCUT2D eigenvalue weighted by Crippen LogP contribution is 2.29. The fraction of sp³-hybridized carbons (Fsp3) is 0.0769. The number of hydrogen-bond acceptors (Lipinski definition) is 3. The van der Waals surface area contributed by atoms with Crippen LogP contribution in [-0.4, -0.2) is 10.9 Å². The molecule has 2 aromatic rings. The summed E-state index contributed by atoms with van der Waals surface area (Å²) in [7, 11) is 0. The number of nitrogens with one attached hydrogen (secondary N) is 1. The molecule has 1 aromatic carbocycles. The zero-order valence-electron chi connectivity index (χ0n) is 10.4. The normalized spacial score (nSPS) is 10.4. The van der Waals surface area contributed by atoms with E-state index in [1.807, 2.05) is 13.0 Å². The number of carbonyl (C=O) groups excluding carboxylic acids is 1. The van der Waals surface area contributed by atoms with Gasteiger partial charge in [-0.3, -0.25) is 4.79 Å². The van der Waals surface area contributed by atoms with Crippen molar-refractivity contribution in [1.29, 1.82) is 0 Å². The van der Waals surface area contributed by atoms with Gasteiger partial charge in [0.05, 0.1) is 5.69 Å². The highest BCUT2D eigenvalue weighted by Gasteiger charge is 2.12. The van der Waals surface area contributed by atoms with E-state index < -0.39 is 0 Å². The molecule has 0 aliphatic heterocycles. The first-order chi connectivity index (χ1) is 9.36. The molecule has 1 amide bonds. The number of halogens is 3. The summed E-state index contributed by atoms with van der Waals surface area (Å²) in [5, 5.41) is 3.47. The van der Waals surface area contributed by atoms with Crippen LogP contribution in [0.4, 0.5) is 11.5 Å². The van der Waals surface area contributed by atoms with Gasteiger partial charge in [0.25, 0.3) is 5.91 Å². The lowest BCUT2D eigenvalue weighted by atomic mass is 10.2. The van der Waals surface area contributed by atoms with Crippen LogP contribution in [0.1, 0.15) is 15.9 Å². The van der Waals surface area contributed by atoms with Crippen LogP contribution < -0.4 is 11.1 Å². The molecule has 0 saturated carbocycles. The molecule has 0 saturated heterocycles. The van der Waals surface area contributed by atoms with Gasteiger partial charge in [0.1, 0.15) is 11.0 Å². The molecule has 0 atom stereocenters. The summed E-state index contributed by atoms with van der Waals surface area (Å²) in [4.78, 5) is 15.9. The van der Waals surface area contributed by atoms with Crippen molar-refractivity contribution in [1.82, 2.24) is 4.98 Å². The number of nitrogens with two attached hydrogens (primary N) is 1. The molecular weight excluding hydrogens is 365 g/mol. The largest absolute Gasteiger partial charge is 0.384 e. The van der Waals surface area contributed by atoms with Crippen molar-refractivity contribution in [3.63, 3.8) is 0 Å². The molecule has 2 rings (SSSR count). The molecule has 0 fully saturated rings. The highest BCUT2D eigenvalue weighted by molar-refractivity contribution is 9.10. The lowest BCUT2D eigenvalue weighted by Crippen LogP contribution is -2.13. The Kier molecular flexibility index (Phi) is 4.52. The maximum atomic E-state index is 12.1. The number of aryl methyl sites for hydroxylation is 1. The molecule has 0 aliphatic carbocycles. The molecule has 0 spiro atoms. The van der Waals surface area contributed by atoms with Gasteiger partial charge >= 0.3 is 0 Å². The molecule has 4 nitrogen and oxygen atoms in total. The van der Waals surface area contributed by atoms with Gasteiger partial charge in [0.15, 0.2) is 0 Å². The molecule has 7 heteroatoms. The van der Waals surface area contributed by atoms with Gasteiger partial charge in [-0.15, -0.1) is 0 Å². The molecule has 0 unspecified atom stereocenters. The second kappa shape index (κ2) is 5.99. The summed E-state index contributed by atoms with van der Waals surface area (Å²) in [6.45, 7) is 1.88. The number of nitrogen functional groups attached to an aromatic ring is 1. The molecule has 1 heterocycles. The SMILES string of the molecule is Cc1cc(Br)c(NC(=O)c2cc(N)nc(Cl)c2)cc1Cl. The van der Waals surface area contributed by atoms with Crippen LogP contribution in [0.3, 0.4) is 0 Å². The zero-order valence-corrected chi connectivity index (χ0v) is 13.5. The predicted molar refractivity (Wildman–Crippen MR) is 85.5 cm³/mol. The summed E-state index contributed by atoms with van der Waals surface area (Å²) in [6.07, 6.45) is 0. The fourth-order valence-corrected chi connectivity index (χ4v) is 2.52. The first-order valence-corrected chi connectivity index (χ1v) is 7.12. The van der Waals surface area contributed by atoms with Crippen LogP contribution in [0.15, 0.2) is 28.7 Å². The van der Waals surface area contributed by atoms with E-state index in [0.29, 0.717) is 16.3 Å². The average Bonchev–Trinajstić information content (AvgIpc) is 2.34. The quantitative estimate of drug-likeness (QED) is 0.770. The molecule has 104 valence electrons. The van der Waals surface area contributed by atoms with Gasteiger partial charge in [0.2, 0.25) is 0 Å². The molecule has 0 bridgehead atoms. The van der Waals surface area contributed by atoms with E-state index in [2.05, 4.69) is 26.2 Å². The minimum Gasteiger partial charge on any atom is -0.384 e. The number of rotatable bonds is 2. The summed E-state index contributed by atoms with van der Waals surface area (Å²) < 4.78 is 0.737. The smallest absolute Gasteiger partial charge is 0.255 e. The Hall–Kier alpha value is -1.30. The van der Waals surface area contributed by atoms with Crippen molar-refractivity contribution < 1.29 is 4.79 Å². The molecule has 3 N–H and O–H groups in total. The minimum absolute atomic E-state index is 0.163. The summed E-state index contributed by atoms with van der Waals surface area (Å²) in [6, 6.07) is 6.39. The highest BCUT2D eigenvalue weighted by atomic mass is 79.9. The second-order valence-electron chi connectivity index (χ2n) is 4.14. The van der Waals surface area contributed by atoms with Crippen LogP contribution in [0.5, 0.6) is 0 Å². The van der Waals surface area contributed by atoms with Crippen molar-refractivity contribution >= 4 is 56.5 Å². The molecule has 0 radical (unpaired) electrons. The Balaban J connectivity index is 2.30. The van der Waals surface area contributed by atoms with Crippen molar-refractivity contribution in [2.45, 2.75) is 6.92 Å². The third-order valence-electron chi connectivity index (χ3n) is 2.57. The number of amides is 1. The fourth-order valence-electron chi connectivity index (χ4n) is 1.58. The van der Waals surface area contributed by atoms with Crippen LogP contribution in [0.25, 0.3) is 0 Å². The predicted octanol–water partition coefficient (Wildman–Crippen LogP) is 4.29. The van der Waals surface area contributed by atoms with Crippen molar-refractivity contribution in [2.75, 3.05) is 11.1 Å². The van der Waals surface area contributed by atoms with Gasteiger partial charge in [-0.05, 0) is 52.7 Å². The lowest BCUT2D eigenvalue weighted by Gasteiger charge is -2.10. The van der Waals surface area contributed by atoms with Crippen LogP contribution in [0, 0.1) is 6.92 Å². The number of nitrogens with zero attached hydrogens (tertiary/aromatic N) is 1. The Morgan fingerprint density at radius 2 is 2.00 bits per heavy atom. The van der Waals surface area contributed by atoms with E-state index >= 15 is 0 Å². The van der Waals surface area contributed by atoms with Gasteiger partial charge in [-0.25, -0.2) is 4.98 Å². The van der Waals surface area contributed by atoms with Crippen molar-refractivity contribution in [3.8, 4) is 0 Å². The number of aromatic nitrogens is 1. The Labute approximate surface area is 134 Å². The van der Waals surface area contributed by atoms with Gasteiger partial charge in [-0.2, -0.15) is 0 Å². The summed E-state index contributed by atoms with van der Waals surface area (Å²) in [5.41, 5.74) is 7.36. The number of benzene rings is 1. The maximum Gasteiger partial charge on any atom is 0.255 e. The van der Waals surface area contributed by atoms with Crippen LogP contribution in [-0.2, 0) is 0 Å². The van der Waals surface area contributed by atoms with E-state index in [1.54, 1.807) is 6.07 Å². The number of hydrogen-bond donors (Lipinski definition) is 2. The average molecular weight is 375 g/mol. The topological polar surface area (TPSA) is 68.0 Å². The van der Waals surface area contributed by atoms with E-state index in [4.69, 9.17) is 28.9 Å². The Bertz CT molecular complexity index is 671. The van der Waals surface area contributed by atoms with E-state index in [0.717, 1.165) is 10.0 Å². The maximum absolute atomic E-state index is 12.1. The zero-order chi connectivity index (χ0) is 14.9. The van der Waals surface area contributed by atoms with E-state index in [-0.39, 0.29) is 16.9 Å². The monoisotopic (exact) mass is 373 g/mol. The summed E-state index contributed by atoms with van der Waals surface area (Å²) >= 11 is 15.2. The van der Waals surface area contributed by atoms with Crippen molar-refractivity contribution in [3.05, 3.63) is 50.0 Å². The van der Waals surface area contributed by atoms with E-state index in [9.17, 15) is 4.79 Å². The first-order valence-electron chi connectivity index (χ1n) is 5.57. The van der Waals surface area contributed by atoms with E-state index in [1.165, 1.54) is 12.1 Å². The third-order valence-corrected chi connectivity index (χ3v) is 3.83. The molecule has 0 aliphatic rings. The minimum atomic E-state index is -0.346. The second-order valence-corrected chi connectivity index (χ2v) is 5.79. The van der Waals surface area contributed by atoms with Gasteiger partial charge in [0, 0.05) is 15.1 Å². The molecule has 1 aromatic heterocycles. The van der Waals surface area contributed by atoms with Crippen LogP contribution in [0.2, 0.25) is 10.2 Å².